The van der Waals surface area contributed by atoms with Crippen LogP contribution in [0.3, 0.4) is 0 Å². The number of hydrogen-bond acceptors (Lipinski definition) is 3. The average molecular weight is 259 g/mol. The summed E-state index contributed by atoms with van der Waals surface area (Å²) in [5.41, 5.74) is 9.77. The number of fused-ring (bicyclic) bond motifs is 1. The maximum absolute atomic E-state index is 11.5. The van der Waals surface area contributed by atoms with Gasteiger partial charge in [-0.1, -0.05) is 18.2 Å². The maximum Gasteiger partial charge on any atom is 0.236 e. The fourth-order valence-corrected chi connectivity index (χ4v) is 3.17. The topological polar surface area (TPSA) is 58.4 Å². The Labute approximate surface area is 114 Å². The van der Waals surface area contributed by atoms with Gasteiger partial charge in [-0.25, -0.2) is 0 Å². The molecule has 4 heteroatoms. The van der Waals surface area contributed by atoms with Crippen molar-refractivity contribution in [2.24, 2.45) is 5.73 Å². The number of piperazine rings is 1. The summed E-state index contributed by atoms with van der Waals surface area (Å²) in [6.45, 7) is 3.29. The number of carbonyl (C=O) groups is 1. The van der Waals surface area contributed by atoms with E-state index in [9.17, 15) is 4.79 Å². The summed E-state index contributed by atoms with van der Waals surface area (Å²) in [6.07, 6.45) is 3.69. The standard InChI is InChI=1S/C15H21N3O/c16-15(19)14-9-17-6-7-18(14)10-11-4-5-12-2-1-3-13(12)8-11/h4-5,8,14,17H,1-3,6-7,9-10H2,(H2,16,19). The van der Waals surface area contributed by atoms with Crippen LogP contribution in [0.15, 0.2) is 18.2 Å². The number of nitrogens with two attached hydrogens (primary N) is 1. The van der Waals surface area contributed by atoms with E-state index in [1.165, 1.54) is 36.0 Å². The van der Waals surface area contributed by atoms with Gasteiger partial charge in [-0.2, -0.15) is 0 Å². The van der Waals surface area contributed by atoms with Gasteiger partial charge < -0.3 is 11.1 Å². The van der Waals surface area contributed by atoms with Gasteiger partial charge in [0.15, 0.2) is 0 Å². The average Bonchev–Trinajstić information content (AvgIpc) is 2.86. The van der Waals surface area contributed by atoms with Crippen LogP contribution in [0.1, 0.15) is 23.1 Å². The SMILES string of the molecule is NC(=O)C1CNCCN1Cc1ccc2c(c1)CCC2. The minimum absolute atomic E-state index is 0.179. The number of carbonyl (C=O) groups excluding carboxylic acids is 1. The summed E-state index contributed by atoms with van der Waals surface area (Å²) in [5.74, 6) is -0.228. The van der Waals surface area contributed by atoms with Crippen molar-refractivity contribution in [3.05, 3.63) is 34.9 Å². The van der Waals surface area contributed by atoms with Gasteiger partial charge >= 0.3 is 0 Å². The molecule has 0 spiro atoms. The van der Waals surface area contributed by atoms with Crippen LogP contribution in [0.4, 0.5) is 0 Å². The van der Waals surface area contributed by atoms with Crippen LogP contribution in [-0.4, -0.2) is 36.5 Å². The first kappa shape index (κ1) is 12.6. The first-order chi connectivity index (χ1) is 9.24. The molecule has 4 nitrogen and oxygen atoms in total. The summed E-state index contributed by atoms with van der Waals surface area (Å²) < 4.78 is 0. The molecule has 1 atom stereocenters. The Balaban J connectivity index is 1.74. The normalized spacial score (nSPS) is 23.3. The molecule has 1 unspecified atom stereocenters. The quantitative estimate of drug-likeness (QED) is 0.828. The molecule has 1 fully saturated rings. The lowest BCUT2D eigenvalue weighted by Crippen LogP contribution is -2.56. The van der Waals surface area contributed by atoms with Crippen LogP contribution in [0.5, 0.6) is 0 Å². The number of amides is 1. The van der Waals surface area contributed by atoms with Gasteiger partial charge in [-0.3, -0.25) is 9.69 Å². The molecular weight excluding hydrogens is 238 g/mol. The first-order valence-electron chi connectivity index (χ1n) is 7.09. The van der Waals surface area contributed by atoms with Crippen molar-refractivity contribution in [1.29, 1.82) is 0 Å². The Morgan fingerprint density at radius 3 is 3.05 bits per heavy atom. The van der Waals surface area contributed by atoms with Gasteiger partial charge in [0, 0.05) is 26.2 Å². The van der Waals surface area contributed by atoms with Crippen molar-refractivity contribution in [2.45, 2.75) is 31.8 Å². The van der Waals surface area contributed by atoms with Crippen LogP contribution in [0.2, 0.25) is 0 Å². The summed E-state index contributed by atoms with van der Waals surface area (Å²) in [6, 6.07) is 6.58. The van der Waals surface area contributed by atoms with Gasteiger partial charge in [0.2, 0.25) is 5.91 Å². The number of primary amides is 1. The molecule has 1 aromatic carbocycles. The predicted molar refractivity (Wildman–Crippen MR) is 74.7 cm³/mol. The molecule has 1 aliphatic carbocycles. The third kappa shape index (κ3) is 2.65. The molecule has 1 amide bonds. The van der Waals surface area contributed by atoms with Crippen molar-refractivity contribution in [3.63, 3.8) is 0 Å². The largest absolute Gasteiger partial charge is 0.368 e. The smallest absolute Gasteiger partial charge is 0.236 e. The highest BCUT2D eigenvalue weighted by Gasteiger charge is 2.26. The highest BCUT2D eigenvalue weighted by Crippen LogP contribution is 2.23. The van der Waals surface area contributed by atoms with E-state index in [4.69, 9.17) is 5.73 Å². The number of hydrogen-bond donors (Lipinski definition) is 2. The lowest BCUT2D eigenvalue weighted by Gasteiger charge is -2.34. The molecule has 1 heterocycles. The molecule has 0 radical (unpaired) electrons. The van der Waals surface area contributed by atoms with E-state index in [0.717, 1.165) is 19.6 Å². The van der Waals surface area contributed by atoms with Crippen LogP contribution in [-0.2, 0) is 24.2 Å². The van der Waals surface area contributed by atoms with E-state index in [1.54, 1.807) is 0 Å². The fraction of sp³-hybridized carbons (Fsp3) is 0.533. The summed E-state index contributed by atoms with van der Waals surface area (Å²) in [4.78, 5) is 13.7. The summed E-state index contributed by atoms with van der Waals surface area (Å²) in [7, 11) is 0. The van der Waals surface area contributed by atoms with Crippen LogP contribution in [0, 0.1) is 0 Å². The maximum atomic E-state index is 11.5. The molecule has 3 N–H and O–H groups in total. The molecular formula is C15H21N3O. The fourth-order valence-electron chi connectivity index (χ4n) is 3.17. The second-order valence-corrected chi connectivity index (χ2v) is 5.55. The van der Waals surface area contributed by atoms with Gasteiger partial charge in [0.05, 0.1) is 0 Å². The van der Waals surface area contributed by atoms with Crippen LogP contribution in [0.25, 0.3) is 0 Å². The van der Waals surface area contributed by atoms with Crippen molar-refractivity contribution in [3.8, 4) is 0 Å². The Hall–Kier alpha value is -1.39. The highest BCUT2D eigenvalue weighted by molar-refractivity contribution is 5.80. The second-order valence-electron chi connectivity index (χ2n) is 5.55. The van der Waals surface area contributed by atoms with E-state index in [-0.39, 0.29) is 11.9 Å². The molecule has 2 aliphatic rings. The molecule has 102 valence electrons. The van der Waals surface area contributed by atoms with Gasteiger partial charge in [-0.05, 0) is 36.0 Å². The van der Waals surface area contributed by atoms with Crippen molar-refractivity contribution in [1.82, 2.24) is 10.2 Å². The Kier molecular flexibility index (Phi) is 3.53. The van der Waals surface area contributed by atoms with Crippen molar-refractivity contribution in [2.75, 3.05) is 19.6 Å². The number of nitrogens with zero attached hydrogens (tertiary/aromatic N) is 1. The second kappa shape index (κ2) is 5.31. The first-order valence-corrected chi connectivity index (χ1v) is 7.09. The van der Waals surface area contributed by atoms with Gasteiger partial charge in [-0.15, -0.1) is 0 Å². The number of aryl methyl sites for hydroxylation is 2. The van der Waals surface area contributed by atoms with E-state index in [2.05, 4.69) is 28.4 Å². The molecule has 1 saturated heterocycles. The summed E-state index contributed by atoms with van der Waals surface area (Å²) in [5, 5.41) is 3.23. The van der Waals surface area contributed by atoms with Crippen LogP contribution >= 0.6 is 0 Å². The third-order valence-electron chi connectivity index (χ3n) is 4.23. The lowest BCUT2D eigenvalue weighted by molar-refractivity contribution is -0.124. The Morgan fingerprint density at radius 1 is 1.37 bits per heavy atom. The molecule has 0 bridgehead atoms. The van der Waals surface area contributed by atoms with Gasteiger partial charge in [0.25, 0.3) is 0 Å². The van der Waals surface area contributed by atoms with E-state index < -0.39 is 0 Å². The highest BCUT2D eigenvalue weighted by atomic mass is 16.1. The van der Waals surface area contributed by atoms with E-state index in [1.807, 2.05) is 0 Å². The molecule has 1 aromatic rings. The van der Waals surface area contributed by atoms with E-state index in [0.29, 0.717) is 6.54 Å². The monoisotopic (exact) mass is 259 g/mol. The summed E-state index contributed by atoms with van der Waals surface area (Å²) >= 11 is 0. The van der Waals surface area contributed by atoms with Crippen LogP contribution < -0.4 is 11.1 Å². The van der Waals surface area contributed by atoms with Crippen molar-refractivity contribution < 1.29 is 4.79 Å². The zero-order valence-corrected chi connectivity index (χ0v) is 11.2. The van der Waals surface area contributed by atoms with Gasteiger partial charge in [0.1, 0.15) is 6.04 Å². The number of rotatable bonds is 3. The third-order valence-corrected chi connectivity index (χ3v) is 4.23. The zero-order valence-electron chi connectivity index (χ0n) is 11.2. The number of benzene rings is 1. The molecule has 1 aliphatic heterocycles. The molecule has 3 rings (SSSR count). The minimum Gasteiger partial charge on any atom is -0.368 e. The molecule has 0 saturated carbocycles. The minimum atomic E-state index is -0.228. The Morgan fingerprint density at radius 2 is 2.21 bits per heavy atom. The molecule has 0 aromatic heterocycles. The number of nitrogens with one attached hydrogen (secondary N) is 1. The van der Waals surface area contributed by atoms with E-state index >= 15 is 0 Å². The predicted octanol–water partition coefficient (Wildman–Crippen LogP) is 0.434. The van der Waals surface area contributed by atoms with Crippen molar-refractivity contribution >= 4 is 5.91 Å². The zero-order chi connectivity index (χ0) is 13.2. The Bertz CT molecular complexity index is 486. The lowest BCUT2D eigenvalue weighted by atomic mass is 10.0. The molecule has 19 heavy (non-hydrogen) atoms.